The van der Waals surface area contributed by atoms with E-state index in [9.17, 15) is 14.7 Å². The molecule has 1 aromatic carbocycles. The number of aryl methyl sites for hydroxylation is 1. The third-order valence-electron chi connectivity index (χ3n) is 4.00. The van der Waals surface area contributed by atoms with Crippen LogP contribution in [0.5, 0.6) is 5.75 Å². The molecule has 7 nitrogen and oxygen atoms in total. The summed E-state index contributed by atoms with van der Waals surface area (Å²) >= 11 is 0. The molecule has 0 aliphatic rings. The van der Waals surface area contributed by atoms with Gasteiger partial charge in [0.15, 0.2) is 5.54 Å². The fraction of sp³-hybridized carbons (Fsp3) is 0.421. The molecule has 2 aromatic rings. The summed E-state index contributed by atoms with van der Waals surface area (Å²) in [4.78, 5) is 23.3. The predicted octanol–water partition coefficient (Wildman–Crippen LogP) is 3.06. The summed E-state index contributed by atoms with van der Waals surface area (Å²) < 4.78 is 6.85. The van der Waals surface area contributed by atoms with E-state index in [2.05, 4.69) is 17.3 Å². The van der Waals surface area contributed by atoms with Crippen LogP contribution >= 0.6 is 0 Å². The number of hydrogen-bond donors (Lipinski definition) is 2. The number of hydrogen-bond acceptors (Lipinski definition) is 4. The lowest BCUT2D eigenvalue weighted by molar-refractivity contribution is -0.146. The summed E-state index contributed by atoms with van der Waals surface area (Å²) in [6.45, 7) is 5.83. The van der Waals surface area contributed by atoms with Gasteiger partial charge < -0.3 is 15.2 Å². The lowest BCUT2D eigenvalue weighted by Gasteiger charge is -2.19. The quantitative estimate of drug-likeness (QED) is 0.718. The lowest BCUT2D eigenvalue weighted by Crippen LogP contribution is -2.35. The van der Waals surface area contributed by atoms with Crippen LogP contribution in [0.2, 0.25) is 0 Å². The van der Waals surface area contributed by atoms with Crippen molar-refractivity contribution >= 4 is 17.6 Å². The Morgan fingerprint density at radius 1 is 1.27 bits per heavy atom. The molecule has 0 saturated heterocycles. The molecule has 1 aromatic heterocycles. The largest absolute Gasteiger partial charge is 0.494 e. The number of carboxylic acid groups (broad SMARTS) is 1. The van der Waals surface area contributed by atoms with Gasteiger partial charge >= 0.3 is 5.97 Å². The first-order valence-electron chi connectivity index (χ1n) is 8.63. The number of rotatable bonds is 9. The van der Waals surface area contributed by atoms with E-state index in [-0.39, 0.29) is 5.91 Å². The van der Waals surface area contributed by atoms with Crippen molar-refractivity contribution in [3.8, 4) is 5.75 Å². The third-order valence-corrected chi connectivity index (χ3v) is 4.00. The van der Waals surface area contributed by atoms with E-state index in [1.54, 1.807) is 13.8 Å². The maximum atomic E-state index is 12.1. The van der Waals surface area contributed by atoms with E-state index in [0.717, 1.165) is 17.7 Å². The fourth-order valence-corrected chi connectivity index (χ4v) is 2.24. The number of ether oxygens (including phenoxy) is 1. The Bertz CT molecular complexity index is 750. The predicted molar refractivity (Wildman–Crippen MR) is 98.4 cm³/mol. The molecule has 2 N–H and O–H groups in total. The summed E-state index contributed by atoms with van der Waals surface area (Å²) in [5.41, 5.74) is 0.351. The molecular formula is C19H25N3O4. The highest BCUT2D eigenvalue weighted by Crippen LogP contribution is 2.18. The first-order valence-corrected chi connectivity index (χ1v) is 8.63. The number of carbonyl (C=O) groups excluding carboxylic acids is 1. The maximum Gasteiger partial charge on any atom is 0.331 e. The van der Waals surface area contributed by atoms with E-state index < -0.39 is 11.5 Å². The molecule has 0 aliphatic heterocycles. The number of anilines is 1. The Hall–Kier alpha value is -2.83. The van der Waals surface area contributed by atoms with Gasteiger partial charge in [-0.25, -0.2) is 4.79 Å². The normalized spacial score (nSPS) is 11.2. The van der Waals surface area contributed by atoms with Gasteiger partial charge in [0.2, 0.25) is 5.91 Å². The van der Waals surface area contributed by atoms with Crippen LogP contribution in [-0.2, 0) is 21.5 Å². The molecule has 140 valence electrons. The van der Waals surface area contributed by atoms with Crippen molar-refractivity contribution in [2.24, 2.45) is 0 Å². The minimum atomic E-state index is -1.18. The van der Waals surface area contributed by atoms with Crippen molar-refractivity contribution in [1.29, 1.82) is 0 Å². The molecule has 1 amide bonds. The van der Waals surface area contributed by atoms with E-state index in [1.165, 1.54) is 17.1 Å². The number of amides is 1. The first-order chi connectivity index (χ1) is 12.3. The van der Waals surface area contributed by atoms with Crippen molar-refractivity contribution in [1.82, 2.24) is 9.78 Å². The van der Waals surface area contributed by atoms with Gasteiger partial charge in [0.05, 0.1) is 18.5 Å². The molecule has 0 saturated carbocycles. The monoisotopic (exact) mass is 359 g/mol. The first kappa shape index (κ1) is 19.5. The summed E-state index contributed by atoms with van der Waals surface area (Å²) in [5, 5.41) is 16.0. The molecule has 0 spiro atoms. The third kappa shape index (κ3) is 5.08. The number of nitrogens with zero attached hydrogens (tertiary/aromatic N) is 2. The lowest BCUT2D eigenvalue weighted by atomic mass is 10.1. The standard InChI is InChI=1S/C19H25N3O4/c1-4-11-26-16-8-5-14(6-9-16)7-10-17(23)21-15-12-20-22(13-15)19(2,3)18(24)25/h5-6,8-9,12-13H,4,7,10-11H2,1-3H3,(H,21,23)(H,24,25). The molecule has 26 heavy (non-hydrogen) atoms. The number of nitrogens with one attached hydrogen (secondary N) is 1. The van der Waals surface area contributed by atoms with Crippen molar-refractivity contribution in [2.75, 3.05) is 11.9 Å². The SMILES string of the molecule is CCCOc1ccc(CCC(=O)Nc2cnn(C(C)(C)C(=O)O)c2)cc1. The van der Waals surface area contributed by atoms with Gasteiger partial charge in [-0.1, -0.05) is 19.1 Å². The zero-order chi connectivity index (χ0) is 19.2. The topological polar surface area (TPSA) is 93.5 Å². The molecule has 1 heterocycles. The van der Waals surface area contributed by atoms with Crippen LogP contribution in [0.15, 0.2) is 36.7 Å². The van der Waals surface area contributed by atoms with Gasteiger partial charge in [-0.05, 0) is 44.4 Å². The molecule has 7 heteroatoms. The minimum Gasteiger partial charge on any atom is -0.494 e. The second-order valence-electron chi connectivity index (χ2n) is 6.58. The molecule has 2 rings (SSSR count). The minimum absolute atomic E-state index is 0.149. The average molecular weight is 359 g/mol. The number of carbonyl (C=O) groups is 2. The van der Waals surface area contributed by atoms with Crippen LogP contribution in [0.1, 0.15) is 39.2 Å². The Balaban J connectivity index is 1.86. The van der Waals surface area contributed by atoms with Crippen molar-refractivity contribution in [3.63, 3.8) is 0 Å². The Kier molecular flexibility index (Phi) is 6.38. The second-order valence-corrected chi connectivity index (χ2v) is 6.58. The van der Waals surface area contributed by atoms with Crippen LogP contribution in [0, 0.1) is 0 Å². The highest BCUT2D eigenvalue weighted by Gasteiger charge is 2.30. The number of aliphatic carboxylic acids is 1. The van der Waals surface area contributed by atoms with Gasteiger partial charge in [0.25, 0.3) is 0 Å². The van der Waals surface area contributed by atoms with Crippen LogP contribution in [0.4, 0.5) is 5.69 Å². The van der Waals surface area contributed by atoms with Crippen LogP contribution in [0.3, 0.4) is 0 Å². The second kappa shape index (κ2) is 8.51. The summed E-state index contributed by atoms with van der Waals surface area (Å²) in [6, 6.07) is 7.71. The van der Waals surface area contributed by atoms with Crippen molar-refractivity contribution in [3.05, 3.63) is 42.2 Å². The molecule has 0 fully saturated rings. The van der Waals surface area contributed by atoms with Crippen LogP contribution in [-0.4, -0.2) is 33.4 Å². The molecule has 0 atom stereocenters. The van der Waals surface area contributed by atoms with Crippen LogP contribution in [0.25, 0.3) is 0 Å². The van der Waals surface area contributed by atoms with Gasteiger partial charge in [-0.3, -0.25) is 9.48 Å². The van der Waals surface area contributed by atoms with Gasteiger partial charge in [-0.15, -0.1) is 0 Å². The molecule has 0 aliphatic carbocycles. The number of aromatic nitrogens is 2. The zero-order valence-electron chi connectivity index (χ0n) is 15.4. The molecular weight excluding hydrogens is 334 g/mol. The smallest absolute Gasteiger partial charge is 0.331 e. The van der Waals surface area contributed by atoms with E-state index in [1.807, 2.05) is 24.3 Å². The molecule has 0 bridgehead atoms. The van der Waals surface area contributed by atoms with Crippen molar-refractivity contribution in [2.45, 2.75) is 45.6 Å². The van der Waals surface area contributed by atoms with Gasteiger partial charge in [0, 0.05) is 12.6 Å². The van der Waals surface area contributed by atoms with E-state index in [0.29, 0.717) is 25.1 Å². The van der Waals surface area contributed by atoms with E-state index in [4.69, 9.17) is 4.74 Å². The van der Waals surface area contributed by atoms with Gasteiger partial charge in [-0.2, -0.15) is 5.10 Å². The summed E-state index contributed by atoms with van der Waals surface area (Å²) in [5.74, 6) is -0.317. The maximum absolute atomic E-state index is 12.1. The summed E-state index contributed by atoms with van der Waals surface area (Å²) in [6.07, 6.45) is 4.85. The Morgan fingerprint density at radius 2 is 1.96 bits per heavy atom. The highest BCUT2D eigenvalue weighted by atomic mass is 16.5. The fourth-order valence-electron chi connectivity index (χ4n) is 2.24. The Labute approximate surface area is 153 Å². The molecule has 0 radical (unpaired) electrons. The van der Waals surface area contributed by atoms with Gasteiger partial charge in [0.1, 0.15) is 5.75 Å². The van der Waals surface area contributed by atoms with Crippen molar-refractivity contribution < 1.29 is 19.4 Å². The zero-order valence-corrected chi connectivity index (χ0v) is 15.4. The number of carboxylic acids is 1. The summed E-state index contributed by atoms with van der Waals surface area (Å²) in [7, 11) is 0. The Morgan fingerprint density at radius 3 is 2.58 bits per heavy atom. The number of benzene rings is 1. The highest BCUT2D eigenvalue weighted by molar-refractivity contribution is 5.90. The average Bonchev–Trinajstić information content (AvgIpc) is 3.08. The van der Waals surface area contributed by atoms with E-state index >= 15 is 0 Å². The molecule has 0 unspecified atom stereocenters. The van der Waals surface area contributed by atoms with Crippen LogP contribution < -0.4 is 10.1 Å².